The molecule has 1 aromatic carbocycles. The van der Waals surface area contributed by atoms with Crippen molar-refractivity contribution in [2.45, 2.75) is 64.7 Å². The first-order chi connectivity index (χ1) is 12.6. The van der Waals surface area contributed by atoms with Crippen molar-refractivity contribution in [3.05, 3.63) is 33.6 Å². The van der Waals surface area contributed by atoms with E-state index in [1.54, 1.807) is 12.1 Å². The second-order valence-electron chi connectivity index (χ2n) is 6.44. The Kier molecular flexibility index (Phi) is 9.44. The van der Waals surface area contributed by atoms with Crippen molar-refractivity contribution in [2.24, 2.45) is 0 Å². The van der Waals surface area contributed by atoms with Crippen LogP contribution in [0.4, 0.5) is 5.13 Å². The van der Waals surface area contributed by atoms with Crippen molar-refractivity contribution in [1.29, 1.82) is 0 Å². The lowest BCUT2D eigenvalue weighted by molar-refractivity contribution is -0.116. The molecule has 1 aromatic heterocycles. The molecule has 0 aliphatic heterocycles. The van der Waals surface area contributed by atoms with Gasteiger partial charge in [0.15, 0.2) is 5.13 Å². The summed E-state index contributed by atoms with van der Waals surface area (Å²) in [5, 5.41) is 6.52. The predicted molar refractivity (Wildman–Crippen MR) is 113 cm³/mol. The monoisotopic (exact) mass is 412 g/mol. The quantitative estimate of drug-likeness (QED) is 0.386. The first-order valence-electron chi connectivity index (χ1n) is 9.31. The fourth-order valence-corrected chi connectivity index (χ4v) is 3.99. The van der Waals surface area contributed by atoms with Crippen LogP contribution in [0, 0.1) is 0 Å². The van der Waals surface area contributed by atoms with E-state index in [9.17, 15) is 4.79 Å². The smallest absolute Gasteiger partial charge is 0.226 e. The number of rotatable bonds is 11. The number of hydrogen-bond acceptors (Lipinski definition) is 3. The Morgan fingerprint density at radius 2 is 1.77 bits per heavy atom. The Balaban J connectivity index is 1.70. The average molecular weight is 413 g/mol. The van der Waals surface area contributed by atoms with Crippen molar-refractivity contribution in [2.75, 3.05) is 5.32 Å². The number of nitrogens with one attached hydrogen (secondary N) is 1. The lowest BCUT2D eigenvalue weighted by Gasteiger charge is -2.03. The van der Waals surface area contributed by atoms with Gasteiger partial charge in [0, 0.05) is 22.4 Å². The molecular weight excluding hydrogens is 387 g/mol. The van der Waals surface area contributed by atoms with E-state index in [2.05, 4.69) is 17.2 Å². The molecule has 6 heteroatoms. The Morgan fingerprint density at radius 1 is 1.08 bits per heavy atom. The second-order valence-corrected chi connectivity index (χ2v) is 8.14. The number of hydrogen-bond donors (Lipinski definition) is 1. The molecule has 0 spiro atoms. The van der Waals surface area contributed by atoms with E-state index in [4.69, 9.17) is 23.2 Å². The van der Waals surface area contributed by atoms with Gasteiger partial charge in [0.2, 0.25) is 5.91 Å². The van der Waals surface area contributed by atoms with Crippen molar-refractivity contribution in [1.82, 2.24) is 4.98 Å². The van der Waals surface area contributed by atoms with Crippen LogP contribution in [0.15, 0.2) is 23.6 Å². The third-order valence-electron chi connectivity index (χ3n) is 4.22. The summed E-state index contributed by atoms with van der Waals surface area (Å²) in [6.45, 7) is 2.23. The zero-order valence-electron chi connectivity index (χ0n) is 15.2. The number of nitrogens with zero attached hydrogens (tertiary/aromatic N) is 1. The summed E-state index contributed by atoms with van der Waals surface area (Å²) in [4.78, 5) is 16.5. The summed E-state index contributed by atoms with van der Waals surface area (Å²) in [6, 6.07) is 5.31. The van der Waals surface area contributed by atoms with Crippen molar-refractivity contribution < 1.29 is 4.79 Å². The highest BCUT2D eigenvalue weighted by Crippen LogP contribution is 2.32. The fraction of sp³-hybridized carbons (Fsp3) is 0.500. The molecule has 1 N–H and O–H groups in total. The van der Waals surface area contributed by atoms with Gasteiger partial charge in [-0.1, -0.05) is 75.1 Å². The number of unbranched alkanes of at least 4 members (excludes halogenated alkanes) is 7. The van der Waals surface area contributed by atoms with Crippen LogP contribution >= 0.6 is 34.5 Å². The van der Waals surface area contributed by atoms with Gasteiger partial charge in [0.05, 0.1) is 10.7 Å². The minimum absolute atomic E-state index is 0.0269. The number of aromatic nitrogens is 1. The second kappa shape index (κ2) is 11.6. The first-order valence-corrected chi connectivity index (χ1v) is 10.9. The first kappa shape index (κ1) is 21.2. The highest BCUT2D eigenvalue weighted by molar-refractivity contribution is 7.14. The average Bonchev–Trinajstić information content (AvgIpc) is 3.05. The molecule has 0 saturated heterocycles. The van der Waals surface area contributed by atoms with Crippen LogP contribution in [0.25, 0.3) is 11.3 Å². The van der Waals surface area contributed by atoms with Gasteiger partial charge in [-0.2, -0.15) is 0 Å². The minimum Gasteiger partial charge on any atom is -0.302 e. The maximum atomic E-state index is 12.1. The van der Waals surface area contributed by atoms with Crippen LogP contribution in [0.2, 0.25) is 10.0 Å². The van der Waals surface area contributed by atoms with E-state index in [-0.39, 0.29) is 5.91 Å². The van der Waals surface area contributed by atoms with Crippen LogP contribution in [0.1, 0.15) is 64.7 Å². The molecule has 3 nitrogen and oxygen atoms in total. The zero-order chi connectivity index (χ0) is 18.8. The minimum atomic E-state index is 0.0269. The van der Waals surface area contributed by atoms with Crippen LogP contribution in [-0.4, -0.2) is 10.9 Å². The summed E-state index contributed by atoms with van der Waals surface area (Å²) in [5.74, 6) is 0.0269. The molecule has 0 bridgehead atoms. The highest BCUT2D eigenvalue weighted by atomic mass is 35.5. The topological polar surface area (TPSA) is 42.0 Å². The van der Waals surface area contributed by atoms with Gasteiger partial charge >= 0.3 is 0 Å². The van der Waals surface area contributed by atoms with Gasteiger partial charge in [0.1, 0.15) is 0 Å². The zero-order valence-corrected chi connectivity index (χ0v) is 17.5. The van der Waals surface area contributed by atoms with Gasteiger partial charge in [-0.3, -0.25) is 4.79 Å². The Hall–Kier alpha value is -1.10. The Morgan fingerprint density at radius 3 is 2.46 bits per heavy atom. The number of amides is 1. The lowest BCUT2D eigenvalue weighted by atomic mass is 10.1. The highest BCUT2D eigenvalue weighted by Gasteiger charge is 2.10. The molecule has 0 fully saturated rings. The molecule has 0 saturated carbocycles. The number of carbonyl (C=O) groups is 1. The third kappa shape index (κ3) is 7.26. The van der Waals surface area contributed by atoms with E-state index in [1.807, 2.05) is 11.4 Å². The van der Waals surface area contributed by atoms with Gasteiger partial charge in [-0.15, -0.1) is 11.3 Å². The maximum absolute atomic E-state index is 12.1. The van der Waals surface area contributed by atoms with Gasteiger partial charge in [-0.25, -0.2) is 4.98 Å². The summed E-state index contributed by atoms with van der Waals surface area (Å²) >= 11 is 13.5. The number of carbonyl (C=O) groups excluding carboxylic acids is 1. The summed E-state index contributed by atoms with van der Waals surface area (Å²) in [5.41, 5.74) is 1.56. The maximum Gasteiger partial charge on any atom is 0.226 e. The molecule has 1 amide bonds. The molecule has 26 heavy (non-hydrogen) atoms. The molecule has 0 aliphatic carbocycles. The molecule has 2 aromatic rings. The largest absolute Gasteiger partial charge is 0.302 e. The van der Waals surface area contributed by atoms with Crippen molar-refractivity contribution >= 4 is 45.6 Å². The lowest BCUT2D eigenvalue weighted by Crippen LogP contribution is -2.10. The third-order valence-corrected chi connectivity index (χ3v) is 5.52. The van der Waals surface area contributed by atoms with Crippen molar-refractivity contribution in [3.8, 4) is 11.3 Å². The van der Waals surface area contributed by atoms with Crippen LogP contribution in [-0.2, 0) is 4.79 Å². The van der Waals surface area contributed by atoms with E-state index in [0.29, 0.717) is 21.6 Å². The van der Waals surface area contributed by atoms with E-state index in [1.165, 1.54) is 49.9 Å². The van der Waals surface area contributed by atoms with Crippen LogP contribution in [0.3, 0.4) is 0 Å². The van der Waals surface area contributed by atoms with E-state index >= 15 is 0 Å². The molecule has 0 radical (unpaired) electrons. The molecule has 0 aliphatic rings. The standard InChI is InChI=1S/C20H26Cl2N2OS/c1-2-3-4-5-6-7-8-9-10-19(25)24-20-23-18(14-26-20)16-12-11-15(21)13-17(16)22/h11-14H,2-10H2,1H3,(H,23,24,25). The molecule has 0 atom stereocenters. The van der Waals surface area contributed by atoms with Gasteiger partial charge < -0.3 is 5.32 Å². The van der Waals surface area contributed by atoms with E-state index < -0.39 is 0 Å². The number of benzene rings is 1. The summed E-state index contributed by atoms with van der Waals surface area (Å²) in [6.07, 6.45) is 10.3. The SMILES string of the molecule is CCCCCCCCCCC(=O)Nc1nc(-c2ccc(Cl)cc2Cl)cs1. The Bertz CT molecular complexity index is 703. The summed E-state index contributed by atoms with van der Waals surface area (Å²) in [7, 11) is 0. The molecule has 1 heterocycles. The number of anilines is 1. The normalized spacial score (nSPS) is 10.9. The fourth-order valence-electron chi connectivity index (χ4n) is 2.75. The predicted octanol–water partition coefficient (Wildman–Crippen LogP) is 7.59. The number of halogens is 2. The molecule has 142 valence electrons. The van der Waals surface area contributed by atoms with Crippen LogP contribution < -0.4 is 5.32 Å². The Labute approximate surface area is 170 Å². The van der Waals surface area contributed by atoms with Crippen LogP contribution in [0.5, 0.6) is 0 Å². The molecule has 2 rings (SSSR count). The number of thiazole rings is 1. The van der Waals surface area contributed by atoms with E-state index in [0.717, 1.165) is 24.1 Å². The molecular formula is C20H26Cl2N2OS. The molecule has 0 unspecified atom stereocenters. The van der Waals surface area contributed by atoms with Gasteiger partial charge in [-0.05, 0) is 24.6 Å². The summed E-state index contributed by atoms with van der Waals surface area (Å²) < 4.78 is 0. The van der Waals surface area contributed by atoms with Crippen molar-refractivity contribution in [3.63, 3.8) is 0 Å². The van der Waals surface area contributed by atoms with Gasteiger partial charge in [0.25, 0.3) is 0 Å².